The van der Waals surface area contributed by atoms with Crippen LogP contribution >= 0.6 is 0 Å². The first-order valence-corrected chi connectivity index (χ1v) is 8.49. The number of carbonyl (C=O) groups excluding carboxylic acids is 1. The first-order valence-electron chi connectivity index (χ1n) is 8.49. The number of nitrogens with one attached hydrogen (secondary N) is 2. The molecule has 7 heteroatoms. The molecule has 27 heavy (non-hydrogen) atoms. The number of amides is 1. The van der Waals surface area contributed by atoms with Crippen LogP contribution < -0.4 is 10.9 Å². The van der Waals surface area contributed by atoms with Gasteiger partial charge in [0, 0.05) is 5.39 Å². The summed E-state index contributed by atoms with van der Waals surface area (Å²) in [5.74, 6) is -0.244. The lowest BCUT2D eigenvalue weighted by Gasteiger charge is -2.08. The highest BCUT2D eigenvalue weighted by Crippen LogP contribution is 2.15. The van der Waals surface area contributed by atoms with Crippen LogP contribution in [-0.2, 0) is 6.54 Å². The van der Waals surface area contributed by atoms with Crippen molar-refractivity contribution in [3.8, 4) is 5.69 Å². The number of H-pyrrole nitrogens is 1. The molecule has 0 bridgehead atoms. The van der Waals surface area contributed by atoms with Crippen molar-refractivity contribution in [3.05, 3.63) is 88.1 Å². The van der Waals surface area contributed by atoms with Crippen LogP contribution in [0, 0.1) is 6.92 Å². The van der Waals surface area contributed by atoms with E-state index in [1.165, 1.54) is 0 Å². The van der Waals surface area contributed by atoms with E-state index < -0.39 is 0 Å². The zero-order valence-electron chi connectivity index (χ0n) is 14.6. The first kappa shape index (κ1) is 16.7. The Morgan fingerprint density at radius 3 is 2.56 bits per heavy atom. The molecule has 4 aromatic rings. The molecule has 2 aromatic heterocycles. The van der Waals surface area contributed by atoms with Crippen LogP contribution in [-0.4, -0.2) is 25.9 Å². The summed E-state index contributed by atoms with van der Waals surface area (Å²) in [6.45, 7) is 2.05. The van der Waals surface area contributed by atoms with Crippen LogP contribution in [0.4, 0.5) is 0 Å². The molecule has 0 saturated heterocycles. The molecule has 0 unspecified atom stereocenters. The summed E-state index contributed by atoms with van der Waals surface area (Å²) in [7, 11) is 0. The van der Waals surface area contributed by atoms with E-state index in [-0.39, 0.29) is 18.0 Å². The average molecular weight is 359 g/mol. The fourth-order valence-electron chi connectivity index (χ4n) is 3.03. The van der Waals surface area contributed by atoms with E-state index >= 15 is 0 Å². The predicted octanol–water partition coefficient (Wildman–Crippen LogP) is 2.35. The van der Waals surface area contributed by atoms with Crippen LogP contribution in [0.2, 0.25) is 0 Å². The van der Waals surface area contributed by atoms with Crippen molar-refractivity contribution in [2.45, 2.75) is 13.5 Å². The van der Waals surface area contributed by atoms with Crippen molar-refractivity contribution < 1.29 is 4.79 Å². The Kier molecular flexibility index (Phi) is 4.25. The summed E-state index contributed by atoms with van der Waals surface area (Å²) in [6, 6.07) is 16.8. The van der Waals surface area contributed by atoms with E-state index in [0.29, 0.717) is 16.6 Å². The predicted molar refractivity (Wildman–Crippen MR) is 102 cm³/mol. The molecule has 2 N–H and O–H groups in total. The third kappa shape index (κ3) is 3.10. The van der Waals surface area contributed by atoms with E-state index in [2.05, 4.69) is 20.6 Å². The van der Waals surface area contributed by atoms with Gasteiger partial charge in [0.25, 0.3) is 11.5 Å². The molecule has 0 spiro atoms. The summed E-state index contributed by atoms with van der Waals surface area (Å²) >= 11 is 0. The van der Waals surface area contributed by atoms with E-state index in [1.54, 1.807) is 23.0 Å². The van der Waals surface area contributed by atoms with Gasteiger partial charge in [0.05, 0.1) is 40.8 Å². The molecular weight excluding hydrogens is 342 g/mol. The summed E-state index contributed by atoms with van der Waals surface area (Å²) in [5, 5.41) is 15.0. The second-order valence-corrected chi connectivity index (χ2v) is 6.12. The van der Waals surface area contributed by atoms with Gasteiger partial charge in [0.15, 0.2) is 0 Å². The highest BCUT2D eigenvalue weighted by Gasteiger charge is 2.16. The van der Waals surface area contributed by atoms with Gasteiger partial charge in [-0.1, -0.05) is 36.4 Å². The van der Waals surface area contributed by atoms with E-state index in [0.717, 1.165) is 16.8 Å². The maximum Gasteiger partial charge on any atom is 0.272 e. The van der Waals surface area contributed by atoms with Crippen molar-refractivity contribution in [2.24, 2.45) is 0 Å². The van der Waals surface area contributed by atoms with Gasteiger partial charge in [0.1, 0.15) is 0 Å². The van der Waals surface area contributed by atoms with Crippen LogP contribution in [0.1, 0.15) is 21.7 Å². The molecule has 2 heterocycles. The quantitative estimate of drug-likeness (QED) is 0.585. The first-order chi connectivity index (χ1) is 13.1. The summed E-state index contributed by atoms with van der Waals surface area (Å²) in [4.78, 5) is 24.5. The largest absolute Gasteiger partial charge is 0.346 e. The Labute approximate surface area is 154 Å². The van der Waals surface area contributed by atoms with Gasteiger partial charge in [-0.05, 0) is 25.1 Å². The van der Waals surface area contributed by atoms with Gasteiger partial charge in [-0.2, -0.15) is 10.2 Å². The number of hydrogen-bond acceptors (Lipinski definition) is 4. The second-order valence-electron chi connectivity index (χ2n) is 6.12. The maximum absolute atomic E-state index is 12.6. The standard InChI is InChI=1S/C20H17N5O2/c1-13-17(11-22-25(13)14-7-3-2-4-8-14)19(26)21-12-18-15-9-5-6-10-16(15)20(27)24-23-18/h2-11H,12H2,1H3,(H,21,26)(H,24,27). The van der Waals surface area contributed by atoms with Crippen LogP contribution in [0.3, 0.4) is 0 Å². The number of aromatic amines is 1. The SMILES string of the molecule is Cc1c(C(=O)NCc2n[nH]c(=O)c3ccccc23)cnn1-c1ccccc1. The normalized spacial score (nSPS) is 10.9. The van der Waals surface area contributed by atoms with E-state index in [9.17, 15) is 9.59 Å². The molecule has 134 valence electrons. The molecule has 0 aliphatic heterocycles. The average Bonchev–Trinajstić information content (AvgIpc) is 3.09. The number of fused-ring (bicyclic) bond motifs is 1. The monoisotopic (exact) mass is 359 g/mol. The van der Waals surface area contributed by atoms with Crippen LogP contribution in [0.15, 0.2) is 65.6 Å². The number of hydrogen-bond donors (Lipinski definition) is 2. The molecule has 0 fully saturated rings. The smallest absolute Gasteiger partial charge is 0.272 e. The fraction of sp³-hybridized carbons (Fsp3) is 0.100. The van der Waals surface area contributed by atoms with Crippen LogP contribution in [0.25, 0.3) is 16.5 Å². The molecule has 0 saturated carbocycles. The second kappa shape index (κ2) is 6.87. The fourth-order valence-corrected chi connectivity index (χ4v) is 3.03. The molecule has 0 radical (unpaired) electrons. The maximum atomic E-state index is 12.6. The van der Waals surface area contributed by atoms with Gasteiger partial charge in [-0.25, -0.2) is 9.78 Å². The third-order valence-corrected chi connectivity index (χ3v) is 4.45. The number of carbonyl (C=O) groups is 1. The van der Waals surface area contributed by atoms with Crippen LogP contribution in [0.5, 0.6) is 0 Å². The molecule has 0 aliphatic carbocycles. The Morgan fingerprint density at radius 2 is 1.78 bits per heavy atom. The van der Waals surface area contributed by atoms with Gasteiger partial charge < -0.3 is 5.32 Å². The minimum absolute atomic E-state index is 0.200. The molecular formula is C20H17N5O2. The topological polar surface area (TPSA) is 92.7 Å². The molecule has 2 aromatic carbocycles. The number of aromatic nitrogens is 4. The zero-order chi connectivity index (χ0) is 18.8. The minimum atomic E-state index is -0.249. The molecule has 1 amide bonds. The van der Waals surface area contributed by atoms with Gasteiger partial charge in [0.2, 0.25) is 0 Å². The summed E-state index contributed by atoms with van der Waals surface area (Å²) in [6.07, 6.45) is 1.55. The summed E-state index contributed by atoms with van der Waals surface area (Å²) in [5.41, 5.74) is 2.49. The highest BCUT2D eigenvalue weighted by molar-refractivity contribution is 5.95. The Morgan fingerprint density at radius 1 is 1.07 bits per heavy atom. The van der Waals surface area contributed by atoms with E-state index in [1.807, 2.05) is 49.4 Å². The van der Waals surface area contributed by atoms with Gasteiger partial charge >= 0.3 is 0 Å². The summed E-state index contributed by atoms with van der Waals surface area (Å²) < 4.78 is 1.72. The zero-order valence-corrected chi connectivity index (χ0v) is 14.6. The van der Waals surface area contributed by atoms with Crippen molar-refractivity contribution in [1.82, 2.24) is 25.3 Å². The lowest BCUT2D eigenvalue weighted by atomic mass is 10.1. The van der Waals surface area contributed by atoms with E-state index in [4.69, 9.17) is 0 Å². The van der Waals surface area contributed by atoms with Gasteiger partial charge in [-0.3, -0.25) is 9.59 Å². The number of nitrogens with zero attached hydrogens (tertiary/aromatic N) is 3. The number of rotatable bonds is 4. The lowest BCUT2D eigenvalue weighted by Crippen LogP contribution is -2.25. The van der Waals surface area contributed by atoms with Crippen molar-refractivity contribution >= 4 is 16.7 Å². The third-order valence-electron chi connectivity index (χ3n) is 4.45. The Balaban J connectivity index is 1.57. The highest BCUT2D eigenvalue weighted by atomic mass is 16.1. The molecule has 0 aliphatic rings. The van der Waals surface area contributed by atoms with Gasteiger partial charge in [-0.15, -0.1) is 0 Å². The molecule has 0 atom stereocenters. The van der Waals surface area contributed by atoms with Crippen molar-refractivity contribution in [3.63, 3.8) is 0 Å². The molecule has 7 nitrogen and oxygen atoms in total. The number of para-hydroxylation sites is 1. The minimum Gasteiger partial charge on any atom is -0.346 e. The lowest BCUT2D eigenvalue weighted by molar-refractivity contribution is 0.0950. The van der Waals surface area contributed by atoms with Crippen molar-refractivity contribution in [2.75, 3.05) is 0 Å². The Bertz CT molecular complexity index is 1180. The van der Waals surface area contributed by atoms with Crippen molar-refractivity contribution in [1.29, 1.82) is 0 Å². The Hall–Kier alpha value is -3.74. The number of benzene rings is 2. The molecule has 4 rings (SSSR count).